The maximum absolute atomic E-state index is 11.4. The first kappa shape index (κ1) is 15.6. The number of allylic oxidation sites excluding steroid dienone is 2. The second-order valence-corrected chi connectivity index (χ2v) is 3.96. The quantitative estimate of drug-likeness (QED) is 0.610. The van der Waals surface area contributed by atoms with E-state index in [9.17, 15) is 9.59 Å². The fraction of sp³-hybridized carbons (Fsp3) is 0.267. The summed E-state index contributed by atoms with van der Waals surface area (Å²) in [7, 11) is 0. The summed E-state index contributed by atoms with van der Waals surface area (Å²) >= 11 is 0. The molecule has 20 heavy (non-hydrogen) atoms. The van der Waals surface area contributed by atoms with Crippen LogP contribution in [0.4, 0.5) is 0 Å². The van der Waals surface area contributed by atoms with Gasteiger partial charge in [-0.15, -0.1) is 0 Å². The zero-order valence-electron chi connectivity index (χ0n) is 11.8. The first-order chi connectivity index (χ1) is 9.56. The van der Waals surface area contributed by atoms with Crippen LogP contribution in [0.5, 0.6) is 5.75 Å². The Morgan fingerprint density at radius 2 is 1.85 bits per heavy atom. The standard InChI is InChI=1S/C15H17NO4/c1-4-6-14(17)19-10-12-8-13(11(3)16-9-12)20-15(18)7-5-2/h4-9H,10H2,1-3H3. The van der Waals surface area contributed by atoms with Gasteiger partial charge in [-0.3, -0.25) is 4.98 Å². The summed E-state index contributed by atoms with van der Waals surface area (Å²) in [6.07, 6.45) is 7.41. The summed E-state index contributed by atoms with van der Waals surface area (Å²) in [4.78, 5) is 26.7. The lowest BCUT2D eigenvalue weighted by atomic mass is 10.2. The average Bonchev–Trinajstić information content (AvgIpc) is 2.40. The minimum Gasteiger partial charge on any atom is -0.458 e. The third-order valence-electron chi connectivity index (χ3n) is 2.29. The fourth-order valence-corrected chi connectivity index (χ4v) is 1.35. The van der Waals surface area contributed by atoms with Gasteiger partial charge in [0.15, 0.2) is 5.75 Å². The molecule has 0 atom stereocenters. The number of rotatable bonds is 5. The maximum atomic E-state index is 11.4. The lowest BCUT2D eigenvalue weighted by Crippen LogP contribution is -2.07. The number of aromatic nitrogens is 1. The minimum atomic E-state index is -0.472. The highest BCUT2D eigenvalue weighted by atomic mass is 16.5. The lowest BCUT2D eigenvalue weighted by molar-refractivity contribution is -0.139. The number of nitrogens with zero attached hydrogens (tertiary/aromatic N) is 1. The van der Waals surface area contributed by atoms with Crippen molar-refractivity contribution >= 4 is 11.9 Å². The number of hydrogen-bond donors (Lipinski definition) is 0. The number of pyridine rings is 1. The van der Waals surface area contributed by atoms with Gasteiger partial charge in [0.05, 0.1) is 5.69 Å². The molecule has 0 unspecified atom stereocenters. The first-order valence-corrected chi connectivity index (χ1v) is 6.16. The predicted molar refractivity (Wildman–Crippen MR) is 74.0 cm³/mol. The molecule has 0 aromatic carbocycles. The van der Waals surface area contributed by atoms with Crippen molar-refractivity contribution in [2.45, 2.75) is 27.4 Å². The van der Waals surface area contributed by atoms with E-state index >= 15 is 0 Å². The molecule has 0 aliphatic heterocycles. The second-order valence-electron chi connectivity index (χ2n) is 3.96. The Kier molecular flexibility index (Phi) is 6.16. The molecule has 1 aromatic rings. The number of hydrogen-bond acceptors (Lipinski definition) is 5. The monoisotopic (exact) mass is 275 g/mol. The molecule has 0 bridgehead atoms. The van der Waals surface area contributed by atoms with E-state index in [1.165, 1.54) is 12.2 Å². The van der Waals surface area contributed by atoms with E-state index in [2.05, 4.69) is 4.98 Å². The van der Waals surface area contributed by atoms with E-state index in [1.807, 2.05) is 0 Å². The van der Waals surface area contributed by atoms with Crippen LogP contribution >= 0.6 is 0 Å². The molecule has 106 valence electrons. The smallest absolute Gasteiger partial charge is 0.335 e. The summed E-state index contributed by atoms with van der Waals surface area (Å²) in [5.41, 5.74) is 1.24. The number of esters is 2. The molecule has 1 heterocycles. The molecule has 0 fully saturated rings. The molecule has 0 N–H and O–H groups in total. The highest BCUT2D eigenvalue weighted by molar-refractivity contribution is 5.84. The Hall–Kier alpha value is -2.43. The van der Waals surface area contributed by atoms with Crippen molar-refractivity contribution in [3.63, 3.8) is 0 Å². The fourth-order valence-electron chi connectivity index (χ4n) is 1.35. The number of aryl methyl sites for hydroxylation is 1. The lowest BCUT2D eigenvalue weighted by Gasteiger charge is -2.07. The Balaban J connectivity index is 2.75. The maximum Gasteiger partial charge on any atom is 0.335 e. The van der Waals surface area contributed by atoms with Gasteiger partial charge in [0.25, 0.3) is 0 Å². The summed E-state index contributed by atoms with van der Waals surface area (Å²) in [6.45, 7) is 5.26. The van der Waals surface area contributed by atoms with Gasteiger partial charge in [-0.1, -0.05) is 12.2 Å². The van der Waals surface area contributed by atoms with Crippen LogP contribution in [0.15, 0.2) is 36.6 Å². The Bertz CT molecular complexity index is 547. The van der Waals surface area contributed by atoms with Gasteiger partial charge < -0.3 is 9.47 Å². The number of carbonyl (C=O) groups excluding carboxylic acids is 2. The molecular weight excluding hydrogens is 258 g/mol. The van der Waals surface area contributed by atoms with Crippen LogP contribution in [-0.4, -0.2) is 16.9 Å². The molecule has 1 rings (SSSR count). The summed E-state index contributed by atoms with van der Waals surface area (Å²) < 4.78 is 10.1. The van der Waals surface area contributed by atoms with Crippen molar-refractivity contribution < 1.29 is 19.1 Å². The van der Waals surface area contributed by atoms with Crippen LogP contribution in [-0.2, 0) is 20.9 Å². The van der Waals surface area contributed by atoms with Crippen LogP contribution in [0.3, 0.4) is 0 Å². The van der Waals surface area contributed by atoms with E-state index in [-0.39, 0.29) is 6.61 Å². The van der Waals surface area contributed by atoms with E-state index < -0.39 is 11.9 Å². The minimum absolute atomic E-state index is 0.0740. The number of ether oxygens (including phenoxy) is 2. The van der Waals surface area contributed by atoms with E-state index in [0.717, 1.165) is 0 Å². The van der Waals surface area contributed by atoms with Crippen molar-refractivity contribution in [2.24, 2.45) is 0 Å². The van der Waals surface area contributed by atoms with Crippen LogP contribution in [0.1, 0.15) is 25.1 Å². The zero-order valence-corrected chi connectivity index (χ0v) is 11.8. The summed E-state index contributed by atoms with van der Waals surface area (Å²) in [6, 6.07) is 1.63. The molecule has 5 nitrogen and oxygen atoms in total. The predicted octanol–water partition coefficient (Wildman–Crippen LogP) is 2.49. The topological polar surface area (TPSA) is 65.5 Å². The molecule has 0 aliphatic carbocycles. The largest absolute Gasteiger partial charge is 0.458 e. The summed E-state index contributed by atoms with van der Waals surface area (Å²) in [5, 5.41) is 0. The molecule has 5 heteroatoms. The van der Waals surface area contributed by atoms with E-state index in [1.54, 1.807) is 45.2 Å². The average molecular weight is 275 g/mol. The normalized spacial score (nSPS) is 10.9. The van der Waals surface area contributed by atoms with Gasteiger partial charge in [-0.25, -0.2) is 9.59 Å². The number of carbonyl (C=O) groups is 2. The molecule has 0 amide bonds. The SMILES string of the molecule is CC=CC(=O)OCc1cnc(C)c(OC(=O)C=CC)c1. The molecule has 0 radical (unpaired) electrons. The van der Waals surface area contributed by atoms with Crippen molar-refractivity contribution in [3.05, 3.63) is 47.8 Å². The summed E-state index contributed by atoms with van der Waals surface area (Å²) in [5.74, 6) is -0.548. The van der Waals surface area contributed by atoms with Crippen LogP contribution < -0.4 is 4.74 Å². The molecular formula is C15H17NO4. The first-order valence-electron chi connectivity index (χ1n) is 6.16. The molecule has 0 aliphatic rings. The highest BCUT2D eigenvalue weighted by Gasteiger charge is 2.08. The second kappa shape index (κ2) is 7.89. The molecule has 0 saturated heterocycles. The van der Waals surface area contributed by atoms with Crippen molar-refractivity contribution in [1.82, 2.24) is 4.98 Å². The van der Waals surface area contributed by atoms with Gasteiger partial charge in [0, 0.05) is 23.9 Å². The highest BCUT2D eigenvalue weighted by Crippen LogP contribution is 2.18. The Morgan fingerprint density at radius 1 is 1.20 bits per heavy atom. The molecule has 0 spiro atoms. The van der Waals surface area contributed by atoms with Crippen molar-refractivity contribution in [3.8, 4) is 5.75 Å². The van der Waals surface area contributed by atoms with E-state index in [0.29, 0.717) is 17.0 Å². The van der Waals surface area contributed by atoms with E-state index in [4.69, 9.17) is 9.47 Å². The molecule has 0 saturated carbocycles. The Morgan fingerprint density at radius 3 is 2.50 bits per heavy atom. The van der Waals surface area contributed by atoms with Crippen molar-refractivity contribution in [2.75, 3.05) is 0 Å². The van der Waals surface area contributed by atoms with Crippen molar-refractivity contribution in [1.29, 1.82) is 0 Å². The van der Waals surface area contributed by atoms with Gasteiger partial charge in [-0.05, 0) is 26.8 Å². The van der Waals surface area contributed by atoms with Gasteiger partial charge in [-0.2, -0.15) is 0 Å². The molecule has 1 aromatic heterocycles. The van der Waals surface area contributed by atoms with Gasteiger partial charge >= 0.3 is 11.9 Å². The van der Waals surface area contributed by atoms with Gasteiger partial charge in [0.2, 0.25) is 0 Å². The van der Waals surface area contributed by atoms with Gasteiger partial charge in [0.1, 0.15) is 6.61 Å². The third-order valence-corrected chi connectivity index (χ3v) is 2.29. The van der Waals surface area contributed by atoms with Crippen LogP contribution in [0, 0.1) is 6.92 Å². The van der Waals surface area contributed by atoms with Crippen LogP contribution in [0.2, 0.25) is 0 Å². The zero-order chi connectivity index (χ0) is 15.0. The van der Waals surface area contributed by atoms with Crippen LogP contribution in [0.25, 0.3) is 0 Å². The Labute approximate surface area is 117 Å². The third kappa shape index (κ3) is 5.06.